The van der Waals surface area contributed by atoms with Crippen LogP contribution in [-0.2, 0) is 19.1 Å². The molecule has 2 heterocycles. The van der Waals surface area contributed by atoms with E-state index in [4.69, 9.17) is 9.47 Å². The molecule has 0 aromatic heterocycles. The molecule has 7 atom stereocenters. The van der Waals surface area contributed by atoms with E-state index >= 15 is 0 Å². The smallest absolute Gasteiger partial charge is 0.175 e. The van der Waals surface area contributed by atoms with Crippen molar-refractivity contribution < 1.29 is 19.1 Å². The molecule has 2 aliphatic heterocycles. The van der Waals surface area contributed by atoms with Crippen LogP contribution in [0, 0.1) is 45.3 Å². The SMILES string of the molecule is CC(C)C[C@@H]1C2=C(O[C@H]3[C@@H]4[C@H](CC[C@@]5(C)O[C@@H]5CC[C@@]13C)C4(C)C)C(C)(C)C(=O)C(C)(C)C2=O. The lowest BCUT2D eigenvalue weighted by molar-refractivity contribution is -0.155. The Morgan fingerprint density at radius 1 is 0.912 bits per heavy atom. The highest BCUT2D eigenvalue weighted by Crippen LogP contribution is 2.70. The largest absolute Gasteiger partial charge is 0.492 e. The monoisotopic (exact) mass is 470 g/mol. The lowest BCUT2D eigenvalue weighted by Crippen LogP contribution is -2.58. The van der Waals surface area contributed by atoms with E-state index in [0.29, 0.717) is 29.6 Å². The number of ether oxygens (including phenoxy) is 2. The quantitative estimate of drug-likeness (QED) is 0.341. The number of carbonyl (C=O) groups is 2. The summed E-state index contributed by atoms with van der Waals surface area (Å²) < 4.78 is 13.3. The van der Waals surface area contributed by atoms with Gasteiger partial charge in [-0.15, -0.1) is 0 Å². The maximum absolute atomic E-state index is 14.0. The van der Waals surface area contributed by atoms with E-state index in [-0.39, 0.29) is 40.0 Å². The van der Waals surface area contributed by atoms with Crippen LogP contribution in [0.3, 0.4) is 0 Å². The van der Waals surface area contributed by atoms with Gasteiger partial charge in [0.1, 0.15) is 11.9 Å². The Morgan fingerprint density at radius 3 is 2.18 bits per heavy atom. The molecular weight excluding hydrogens is 424 g/mol. The van der Waals surface area contributed by atoms with Crippen LogP contribution in [0.4, 0.5) is 0 Å². The van der Waals surface area contributed by atoms with Crippen molar-refractivity contribution in [3.05, 3.63) is 11.3 Å². The fraction of sp³-hybridized carbons (Fsp3) is 0.867. The van der Waals surface area contributed by atoms with E-state index in [2.05, 4.69) is 41.5 Å². The van der Waals surface area contributed by atoms with Crippen LogP contribution in [0.5, 0.6) is 0 Å². The highest BCUT2D eigenvalue weighted by molar-refractivity contribution is 6.19. The van der Waals surface area contributed by atoms with Crippen molar-refractivity contribution in [1.82, 2.24) is 0 Å². The maximum atomic E-state index is 14.0. The summed E-state index contributed by atoms with van der Waals surface area (Å²) in [6.07, 6.45) is 5.58. The number of Topliss-reactive ketones (excluding diaryl/α,β-unsaturated/α-hetero) is 2. The van der Waals surface area contributed by atoms with Gasteiger partial charge in [-0.3, -0.25) is 9.59 Å². The molecule has 0 radical (unpaired) electrons. The molecule has 5 aliphatic rings. The minimum absolute atomic E-state index is 0.00615. The number of allylic oxidation sites excluding steroid dienone is 2. The van der Waals surface area contributed by atoms with E-state index in [0.717, 1.165) is 37.7 Å². The second-order valence-corrected chi connectivity index (χ2v) is 14.8. The molecule has 1 saturated heterocycles. The molecule has 0 spiro atoms. The third-order valence-electron chi connectivity index (χ3n) is 10.9. The summed E-state index contributed by atoms with van der Waals surface area (Å²) in [5, 5.41) is 0. The summed E-state index contributed by atoms with van der Waals surface area (Å²) in [6.45, 7) is 21.6. The Labute approximate surface area is 206 Å². The summed E-state index contributed by atoms with van der Waals surface area (Å²) in [6, 6.07) is 0. The first-order valence-electron chi connectivity index (χ1n) is 13.7. The topological polar surface area (TPSA) is 55.9 Å². The first kappa shape index (κ1) is 24.5. The van der Waals surface area contributed by atoms with Crippen molar-refractivity contribution in [2.75, 3.05) is 0 Å². The Balaban J connectivity index is 1.69. The summed E-state index contributed by atoms with van der Waals surface area (Å²) in [4.78, 5) is 27.6. The number of hydrogen-bond donors (Lipinski definition) is 0. The average Bonchev–Trinajstić information content (AvgIpc) is 3.54. The molecule has 0 aromatic carbocycles. The molecular formula is C30H46O4. The maximum Gasteiger partial charge on any atom is 0.175 e. The van der Waals surface area contributed by atoms with Gasteiger partial charge in [0.05, 0.1) is 22.5 Å². The number of fused-ring (bicyclic) bond motifs is 4. The Hall–Kier alpha value is -1.16. The van der Waals surface area contributed by atoms with Gasteiger partial charge >= 0.3 is 0 Å². The molecule has 4 heteroatoms. The lowest BCUT2D eigenvalue weighted by atomic mass is 9.53. The molecule has 2 saturated carbocycles. The van der Waals surface area contributed by atoms with Crippen LogP contribution < -0.4 is 0 Å². The zero-order chi connectivity index (χ0) is 25.2. The Bertz CT molecular complexity index is 968. The zero-order valence-corrected chi connectivity index (χ0v) is 23.1. The molecule has 0 unspecified atom stereocenters. The van der Waals surface area contributed by atoms with Crippen molar-refractivity contribution in [3.8, 4) is 0 Å². The van der Waals surface area contributed by atoms with Crippen molar-refractivity contribution >= 4 is 11.6 Å². The van der Waals surface area contributed by atoms with Crippen LogP contribution in [0.15, 0.2) is 11.3 Å². The first-order chi connectivity index (χ1) is 15.5. The summed E-state index contributed by atoms with van der Waals surface area (Å²) >= 11 is 0. The van der Waals surface area contributed by atoms with Crippen molar-refractivity contribution in [2.24, 2.45) is 45.3 Å². The third-order valence-corrected chi connectivity index (χ3v) is 10.9. The second-order valence-electron chi connectivity index (χ2n) is 14.8. The van der Waals surface area contributed by atoms with Gasteiger partial charge in [0.2, 0.25) is 0 Å². The number of hydrogen-bond acceptors (Lipinski definition) is 4. The van der Waals surface area contributed by atoms with E-state index in [9.17, 15) is 9.59 Å². The van der Waals surface area contributed by atoms with E-state index in [1.165, 1.54) is 0 Å². The molecule has 34 heavy (non-hydrogen) atoms. The van der Waals surface area contributed by atoms with Crippen LogP contribution in [0.2, 0.25) is 0 Å². The molecule has 5 rings (SSSR count). The fourth-order valence-corrected chi connectivity index (χ4v) is 8.44. The third kappa shape index (κ3) is 3.12. The van der Waals surface area contributed by atoms with Gasteiger partial charge in [0, 0.05) is 16.9 Å². The number of rotatable bonds is 2. The molecule has 0 N–H and O–H groups in total. The molecule has 3 aliphatic carbocycles. The first-order valence-corrected chi connectivity index (χ1v) is 13.7. The van der Waals surface area contributed by atoms with Crippen LogP contribution in [-0.4, -0.2) is 29.4 Å². The van der Waals surface area contributed by atoms with Gasteiger partial charge in [-0.25, -0.2) is 0 Å². The van der Waals surface area contributed by atoms with Gasteiger partial charge < -0.3 is 9.47 Å². The molecule has 0 aromatic rings. The van der Waals surface area contributed by atoms with Crippen LogP contribution in [0.25, 0.3) is 0 Å². The van der Waals surface area contributed by atoms with E-state index in [1.807, 2.05) is 27.7 Å². The van der Waals surface area contributed by atoms with Gasteiger partial charge in [-0.2, -0.15) is 0 Å². The molecule has 4 nitrogen and oxygen atoms in total. The predicted octanol–water partition coefficient (Wildman–Crippen LogP) is 6.52. The molecule has 190 valence electrons. The number of carbonyl (C=O) groups excluding carboxylic acids is 2. The number of ketones is 2. The minimum atomic E-state index is -1.01. The van der Waals surface area contributed by atoms with Crippen molar-refractivity contribution in [3.63, 3.8) is 0 Å². The average molecular weight is 471 g/mol. The van der Waals surface area contributed by atoms with E-state index < -0.39 is 10.8 Å². The summed E-state index contributed by atoms with van der Waals surface area (Å²) in [7, 11) is 0. The van der Waals surface area contributed by atoms with Crippen molar-refractivity contribution in [1.29, 1.82) is 0 Å². The van der Waals surface area contributed by atoms with Crippen molar-refractivity contribution in [2.45, 2.75) is 119 Å². The predicted molar refractivity (Wildman–Crippen MR) is 133 cm³/mol. The van der Waals surface area contributed by atoms with Gasteiger partial charge in [0.25, 0.3) is 0 Å². The minimum Gasteiger partial charge on any atom is -0.492 e. The molecule has 3 fully saturated rings. The van der Waals surface area contributed by atoms with Gasteiger partial charge in [-0.1, -0.05) is 34.6 Å². The summed E-state index contributed by atoms with van der Waals surface area (Å²) in [5.41, 5.74) is -0.911. The molecule has 0 bridgehead atoms. The fourth-order valence-electron chi connectivity index (χ4n) is 8.44. The van der Waals surface area contributed by atoms with Crippen LogP contribution >= 0.6 is 0 Å². The van der Waals surface area contributed by atoms with Crippen LogP contribution in [0.1, 0.15) is 101 Å². The standard InChI is InChI=1S/C30H46O4/c1-16(2)15-18-20-22(31)27(5,6)25(32)28(7,8)23(20)33-24-21-17(26(21,3)4)11-14-30(10)19(34-30)12-13-29(18,24)9/h16-19,21,24H,11-15H2,1-10H3/t17-,18+,19+,21-,24-,29-,30+/m0/s1. The normalized spacial score (nSPS) is 46.0. The molecule has 0 amide bonds. The van der Waals surface area contributed by atoms with E-state index in [1.54, 1.807) is 0 Å². The van der Waals surface area contributed by atoms with Gasteiger partial charge in [-0.05, 0) is 89.9 Å². The highest BCUT2D eigenvalue weighted by atomic mass is 16.6. The summed E-state index contributed by atoms with van der Waals surface area (Å²) in [5.74, 6) is 2.26. The highest BCUT2D eigenvalue weighted by Gasteiger charge is 2.70. The second kappa shape index (κ2) is 6.99. The van der Waals surface area contributed by atoms with Gasteiger partial charge in [0.15, 0.2) is 11.6 Å². The number of epoxide rings is 1. The Kier molecular flexibility index (Phi) is 5.04. The zero-order valence-electron chi connectivity index (χ0n) is 23.1. The lowest BCUT2D eigenvalue weighted by Gasteiger charge is -2.55. The Morgan fingerprint density at radius 2 is 1.56 bits per heavy atom.